The number of hydrogen-bond acceptors (Lipinski definition) is 5. The third-order valence-electron chi connectivity index (χ3n) is 9.99. The summed E-state index contributed by atoms with van der Waals surface area (Å²) in [7, 11) is 0. The van der Waals surface area contributed by atoms with Crippen LogP contribution in [-0.4, -0.2) is 46.1 Å². The number of oxime groups is 1. The molecule has 0 aliphatic heterocycles. The van der Waals surface area contributed by atoms with Crippen molar-refractivity contribution >= 4 is 17.6 Å². The van der Waals surface area contributed by atoms with E-state index in [0.29, 0.717) is 24.2 Å². The quantitative estimate of drug-likeness (QED) is 0.391. The molecule has 4 aliphatic carbocycles. The Morgan fingerprint density at radius 2 is 1.91 bits per heavy atom. The number of nitrogens with zero attached hydrogens (tertiary/aromatic N) is 1. The normalized spacial score (nSPS) is 40.1. The van der Waals surface area contributed by atoms with Gasteiger partial charge in [0.05, 0.1) is 5.71 Å². The Labute approximate surface area is 208 Å². The highest BCUT2D eigenvalue weighted by molar-refractivity contribution is 5.96. The molecule has 3 N–H and O–H groups in total. The van der Waals surface area contributed by atoms with Crippen LogP contribution in [0, 0.1) is 46.8 Å². The highest BCUT2D eigenvalue weighted by Gasteiger charge is 2.63. The molecule has 0 unspecified atom stereocenters. The van der Waals surface area contributed by atoms with Crippen LogP contribution in [0.3, 0.4) is 0 Å². The first-order valence-corrected chi connectivity index (χ1v) is 13.1. The maximum absolute atomic E-state index is 12.1. The summed E-state index contributed by atoms with van der Waals surface area (Å²) in [6.45, 7) is 7.80. The first-order chi connectivity index (χ1) is 16.4. The molecule has 0 heterocycles. The van der Waals surface area contributed by atoms with Crippen LogP contribution in [0.5, 0.6) is 0 Å². The molecule has 0 aromatic carbocycles. The van der Waals surface area contributed by atoms with Gasteiger partial charge in [0.2, 0.25) is 0 Å². The van der Waals surface area contributed by atoms with E-state index in [-0.39, 0.29) is 23.4 Å². The number of carboxylic acid groups (broad SMARTS) is 1. The number of rotatable bonds is 6. The van der Waals surface area contributed by atoms with Crippen LogP contribution in [0.4, 0.5) is 0 Å². The van der Waals surface area contributed by atoms with Gasteiger partial charge in [-0.25, -0.2) is 4.79 Å². The Kier molecular flexibility index (Phi) is 6.83. The summed E-state index contributed by atoms with van der Waals surface area (Å²) in [5, 5.41) is 27.1. The van der Waals surface area contributed by atoms with Gasteiger partial charge in [0.25, 0.3) is 5.91 Å². The molecule has 0 aromatic rings. The maximum Gasteiger partial charge on any atom is 0.326 e. The van der Waals surface area contributed by atoms with Crippen molar-refractivity contribution < 1.29 is 24.6 Å². The SMILES string of the molecule is C#C[C@@]1(O)CC[C@H]2[C@@H]3CCC4=C/C(=N/OCC(=O)N[C@@H](C(=O)O)C(C)C)CC[C@]4(C)[C@H]3CC[C@@]21C. The van der Waals surface area contributed by atoms with E-state index >= 15 is 0 Å². The van der Waals surface area contributed by atoms with Crippen LogP contribution >= 0.6 is 0 Å². The standard InChI is InChI=1S/C28H40N2O5/c1-6-28(34)14-11-22-20-8-7-18-15-19(9-12-26(18,4)21(20)10-13-27(22,28)5)30-35-16-23(31)29-24(17(2)3)25(32)33/h1,15,17,20-22,24,34H,7-14,16H2,2-5H3,(H,29,31)(H,32,33)/b30-19+/t20-,21+,22+,24-,26+,27+,28-/m1/s1. The molecule has 1 amide bonds. The summed E-state index contributed by atoms with van der Waals surface area (Å²) < 4.78 is 0. The third-order valence-corrected chi connectivity index (χ3v) is 9.99. The van der Waals surface area contributed by atoms with E-state index in [0.717, 1.165) is 50.7 Å². The Morgan fingerprint density at radius 3 is 2.57 bits per heavy atom. The lowest BCUT2D eigenvalue weighted by Crippen LogP contribution is -2.54. The second kappa shape index (κ2) is 9.28. The number of aliphatic hydroxyl groups is 1. The number of aliphatic carboxylic acids is 1. The average Bonchev–Trinajstić information content (AvgIpc) is 3.08. The summed E-state index contributed by atoms with van der Waals surface area (Å²) in [4.78, 5) is 28.7. The molecular weight excluding hydrogens is 444 g/mol. The van der Waals surface area contributed by atoms with Crippen LogP contribution in [0.25, 0.3) is 0 Å². The number of terminal acetylenes is 1. The molecule has 35 heavy (non-hydrogen) atoms. The predicted octanol–water partition coefficient (Wildman–Crippen LogP) is 3.91. The smallest absolute Gasteiger partial charge is 0.326 e. The van der Waals surface area contributed by atoms with Crippen molar-refractivity contribution in [3.05, 3.63) is 11.6 Å². The van der Waals surface area contributed by atoms with E-state index in [4.69, 9.17) is 11.3 Å². The number of allylic oxidation sites excluding steroid dienone is 2. The monoisotopic (exact) mass is 484 g/mol. The van der Waals surface area contributed by atoms with Gasteiger partial charge in [-0.3, -0.25) is 4.79 Å². The van der Waals surface area contributed by atoms with Gasteiger partial charge in [0, 0.05) is 5.41 Å². The van der Waals surface area contributed by atoms with Gasteiger partial charge in [-0.15, -0.1) is 6.42 Å². The Bertz CT molecular complexity index is 980. The van der Waals surface area contributed by atoms with E-state index in [9.17, 15) is 19.8 Å². The lowest BCUT2D eigenvalue weighted by molar-refractivity contribution is -0.143. The van der Waals surface area contributed by atoms with E-state index in [1.54, 1.807) is 13.8 Å². The van der Waals surface area contributed by atoms with Crippen LogP contribution in [0.15, 0.2) is 16.8 Å². The van der Waals surface area contributed by atoms with Gasteiger partial charge >= 0.3 is 5.97 Å². The summed E-state index contributed by atoms with van der Waals surface area (Å²) >= 11 is 0. The number of hydrogen-bond donors (Lipinski definition) is 3. The molecule has 7 nitrogen and oxygen atoms in total. The molecule has 4 aliphatic rings. The molecule has 0 saturated heterocycles. The summed E-state index contributed by atoms with van der Waals surface area (Å²) in [5.74, 6) is 2.62. The lowest BCUT2D eigenvalue weighted by Gasteiger charge is -2.58. The van der Waals surface area contributed by atoms with E-state index in [2.05, 4.69) is 36.3 Å². The minimum absolute atomic E-state index is 0.115. The van der Waals surface area contributed by atoms with Crippen molar-refractivity contribution in [2.75, 3.05) is 6.61 Å². The molecule has 3 saturated carbocycles. The highest BCUT2D eigenvalue weighted by atomic mass is 16.6. The van der Waals surface area contributed by atoms with Crippen molar-refractivity contribution in [3.8, 4) is 12.3 Å². The largest absolute Gasteiger partial charge is 0.480 e. The van der Waals surface area contributed by atoms with Gasteiger partial charge in [-0.05, 0) is 86.5 Å². The number of amides is 1. The second-order valence-corrected chi connectivity index (χ2v) is 12.0. The van der Waals surface area contributed by atoms with Gasteiger partial charge in [0.1, 0.15) is 11.6 Å². The fourth-order valence-corrected chi connectivity index (χ4v) is 7.80. The zero-order valence-corrected chi connectivity index (χ0v) is 21.5. The van der Waals surface area contributed by atoms with Gasteiger partial charge in [-0.1, -0.05) is 44.3 Å². The van der Waals surface area contributed by atoms with Gasteiger partial charge in [-0.2, -0.15) is 0 Å². The molecule has 0 radical (unpaired) electrons. The highest BCUT2D eigenvalue weighted by Crippen LogP contribution is 2.67. The second-order valence-electron chi connectivity index (χ2n) is 12.0. The number of carbonyl (C=O) groups is 2. The van der Waals surface area contributed by atoms with Gasteiger partial charge < -0.3 is 20.4 Å². The number of carboxylic acids is 1. The van der Waals surface area contributed by atoms with Crippen LogP contribution in [0.1, 0.15) is 79.1 Å². The Hall–Kier alpha value is -2.33. The minimum atomic E-state index is -1.06. The van der Waals surface area contributed by atoms with Crippen molar-refractivity contribution in [1.82, 2.24) is 5.32 Å². The minimum Gasteiger partial charge on any atom is -0.480 e. The molecule has 4 rings (SSSR count). The van der Waals surface area contributed by atoms with Crippen molar-refractivity contribution in [1.29, 1.82) is 0 Å². The fraction of sp³-hybridized carbons (Fsp3) is 0.750. The molecule has 7 atom stereocenters. The molecule has 0 aromatic heterocycles. The first-order valence-electron chi connectivity index (χ1n) is 13.1. The summed E-state index contributed by atoms with van der Waals surface area (Å²) in [6, 6.07) is -0.944. The van der Waals surface area contributed by atoms with Crippen molar-refractivity contribution in [3.63, 3.8) is 0 Å². The molecule has 0 bridgehead atoms. The lowest BCUT2D eigenvalue weighted by atomic mass is 9.46. The van der Waals surface area contributed by atoms with Crippen molar-refractivity contribution in [2.45, 2.75) is 90.7 Å². The van der Waals surface area contributed by atoms with E-state index in [1.807, 2.05) is 0 Å². The third kappa shape index (κ3) is 4.28. The summed E-state index contributed by atoms with van der Waals surface area (Å²) in [6.07, 6.45) is 15.6. The number of nitrogens with one attached hydrogen (secondary N) is 1. The molecule has 3 fully saturated rings. The fourth-order valence-electron chi connectivity index (χ4n) is 7.80. The molecular formula is C28H40N2O5. The average molecular weight is 485 g/mol. The Balaban J connectivity index is 1.41. The van der Waals surface area contributed by atoms with E-state index < -0.39 is 23.5 Å². The summed E-state index contributed by atoms with van der Waals surface area (Å²) in [5.41, 5.74) is 1.20. The van der Waals surface area contributed by atoms with E-state index in [1.165, 1.54) is 5.57 Å². The zero-order chi connectivity index (χ0) is 25.6. The molecule has 192 valence electrons. The van der Waals surface area contributed by atoms with Gasteiger partial charge in [0.15, 0.2) is 6.61 Å². The predicted molar refractivity (Wildman–Crippen MR) is 133 cm³/mol. The maximum atomic E-state index is 12.1. The van der Waals surface area contributed by atoms with Crippen LogP contribution in [-0.2, 0) is 14.4 Å². The number of fused-ring (bicyclic) bond motifs is 5. The Morgan fingerprint density at radius 1 is 1.20 bits per heavy atom. The zero-order valence-electron chi connectivity index (χ0n) is 21.5. The first kappa shape index (κ1) is 25.8. The topological polar surface area (TPSA) is 108 Å². The van der Waals surface area contributed by atoms with Crippen LogP contribution < -0.4 is 5.32 Å². The molecule has 0 spiro atoms. The van der Waals surface area contributed by atoms with Crippen LogP contribution in [0.2, 0.25) is 0 Å². The number of carbonyl (C=O) groups excluding carboxylic acids is 1. The van der Waals surface area contributed by atoms with Crippen molar-refractivity contribution in [2.24, 2.45) is 39.7 Å². The molecule has 7 heteroatoms.